The van der Waals surface area contributed by atoms with Gasteiger partial charge in [-0.25, -0.2) is 14.4 Å². The van der Waals surface area contributed by atoms with Gasteiger partial charge in [0.25, 0.3) is 0 Å². The number of aryl methyl sites for hydroxylation is 2. The maximum Gasteiger partial charge on any atom is 0.186 e. The summed E-state index contributed by atoms with van der Waals surface area (Å²) in [6.07, 6.45) is 0.991. The Hall–Kier alpha value is -1.97. The van der Waals surface area contributed by atoms with Gasteiger partial charge in [0.15, 0.2) is 17.5 Å². The summed E-state index contributed by atoms with van der Waals surface area (Å²) in [7, 11) is 1.65. The Labute approximate surface area is 106 Å². The second-order valence-electron chi connectivity index (χ2n) is 4.10. The first-order valence-corrected chi connectivity index (χ1v) is 5.97. The van der Waals surface area contributed by atoms with Crippen LogP contribution in [0.4, 0.5) is 10.2 Å². The zero-order chi connectivity index (χ0) is 13.1. The molecule has 0 spiro atoms. The Morgan fingerprint density at radius 3 is 2.39 bits per heavy atom. The lowest BCUT2D eigenvalue weighted by molar-refractivity contribution is 0.607. The van der Waals surface area contributed by atoms with Gasteiger partial charge in [-0.2, -0.15) is 0 Å². The summed E-state index contributed by atoms with van der Waals surface area (Å²) in [6.45, 7) is 3.74. The van der Waals surface area contributed by atoms with Crippen molar-refractivity contribution in [1.82, 2.24) is 9.97 Å². The first-order chi connectivity index (χ1) is 8.65. The molecule has 0 saturated carbocycles. The van der Waals surface area contributed by atoms with Crippen LogP contribution in [-0.2, 0) is 6.42 Å². The molecule has 4 heteroatoms. The highest BCUT2D eigenvalue weighted by atomic mass is 19.1. The third-order valence-electron chi connectivity index (χ3n) is 2.87. The van der Waals surface area contributed by atoms with Crippen LogP contribution in [-0.4, -0.2) is 17.0 Å². The largest absolute Gasteiger partial charge is 0.371 e. The van der Waals surface area contributed by atoms with Crippen molar-refractivity contribution in [3.63, 3.8) is 0 Å². The summed E-state index contributed by atoms with van der Waals surface area (Å²) in [5.74, 6) is 0.379. The van der Waals surface area contributed by atoms with E-state index in [4.69, 9.17) is 0 Å². The van der Waals surface area contributed by atoms with E-state index >= 15 is 0 Å². The molecule has 0 aliphatic heterocycles. The molecule has 0 radical (unpaired) electrons. The molecule has 0 amide bonds. The maximum absolute atomic E-state index is 13.6. The Morgan fingerprint density at radius 1 is 1.17 bits per heavy atom. The minimum absolute atomic E-state index is 0.233. The van der Waals surface area contributed by atoms with Crippen LogP contribution in [0.1, 0.15) is 18.2 Å². The van der Waals surface area contributed by atoms with Gasteiger partial charge in [-0.3, -0.25) is 0 Å². The average Bonchev–Trinajstić information content (AvgIpc) is 2.42. The molecule has 1 aromatic heterocycles. The number of halogens is 1. The molecule has 1 N–H and O–H groups in total. The molecule has 0 atom stereocenters. The van der Waals surface area contributed by atoms with Gasteiger partial charge >= 0.3 is 0 Å². The summed E-state index contributed by atoms with van der Waals surface area (Å²) in [5, 5.41) is 2.74. The Bertz CT molecular complexity index is 550. The van der Waals surface area contributed by atoms with E-state index < -0.39 is 5.82 Å². The number of nitrogens with zero attached hydrogens (tertiary/aromatic N) is 2. The zero-order valence-corrected chi connectivity index (χ0v) is 10.8. The van der Waals surface area contributed by atoms with Crippen molar-refractivity contribution in [3.8, 4) is 11.4 Å². The normalized spacial score (nSPS) is 10.4. The summed E-state index contributed by atoms with van der Waals surface area (Å²) in [5.41, 5.74) is 2.50. The average molecular weight is 245 g/mol. The summed E-state index contributed by atoms with van der Waals surface area (Å²) in [6, 6.07) is 8.00. The lowest BCUT2D eigenvalue weighted by Gasteiger charge is -2.07. The van der Waals surface area contributed by atoms with Gasteiger partial charge in [-0.15, -0.1) is 0 Å². The molecule has 94 valence electrons. The fourth-order valence-electron chi connectivity index (χ4n) is 1.74. The van der Waals surface area contributed by atoms with Crippen LogP contribution in [0.3, 0.4) is 0 Å². The van der Waals surface area contributed by atoms with E-state index in [0.29, 0.717) is 11.5 Å². The topological polar surface area (TPSA) is 37.8 Å². The van der Waals surface area contributed by atoms with Gasteiger partial charge in [0.1, 0.15) is 0 Å². The molecule has 1 aromatic carbocycles. The Balaban J connectivity index is 2.46. The number of rotatable bonds is 3. The van der Waals surface area contributed by atoms with Crippen LogP contribution in [0.5, 0.6) is 0 Å². The molecule has 2 aromatic rings. The van der Waals surface area contributed by atoms with E-state index in [0.717, 1.165) is 12.0 Å². The third kappa shape index (κ3) is 2.32. The number of nitrogens with one attached hydrogen (secondary N) is 1. The van der Waals surface area contributed by atoms with Crippen LogP contribution >= 0.6 is 0 Å². The number of anilines is 1. The second kappa shape index (κ2) is 5.12. The van der Waals surface area contributed by atoms with E-state index in [-0.39, 0.29) is 5.82 Å². The third-order valence-corrected chi connectivity index (χ3v) is 2.87. The quantitative estimate of drug-likeness (QED) is 0.902. The Morgan fingerprint density at radius 2 is 1.83 bits per heavy atom. The van der Waals surface area contributed by atoms with Crippen LogP contribution in [0, 0.1) is 12.7 Å². The molecule has 0 bridgehead atoms. The number of hydrogen-bond donors (Lipinski definition) is 1. The number of aromatic nitrogens is 2. The lowest BCUT2D eigenvalue weighted by Crippen LogP contribution is -2.03. The fraction of sp³-hybridized carbons (Fsp3) is 0.286. The van der Waals surface area contributed by atoms with Crippen molar-refractivity contribution < 1.29 is 4.39 Å². The SMILES string of the molecule is CCc1ccc(-c2nc(C)c(F)c(NC)n2)cc1. The van der Waals surface area contributed by atoms with Crippen LogP contribution < -0.4 is 5.32 Å². The molecule has 0 saturated heterocycles. The van der Waals surface area contributed by atoms with Crippen molar-refractivity contribution >= 4 is 5.82 Å². The van der Waals surface area contributed by atoms with Gasteiger partial charge in [0.05, 0.1) is 5.69 Å². The number of benzene rings is 1. The summed E-state index contributed by atoms with van der Waals surface area (Å²) < 4.78 is 13.6. The molecule has 0 aliphatic rings. The van der Waals surface area contributed by atoms with E-state index in [1.807, 2.05) is 24.3 Å². The molecule has 18 heavy (non-hydrogen) atoms. The van der Waals surface area contributed by atoms with Gasteiger partial charge in [-0.1, -0.05) is 31.2 Å². The van der Waals surface area contributed by atoms with Crippen molar-refractivity contribution in [3.05, 3.63) is 41.3 Å². The zero-order valence-electron chi connectivity index (χ0n) is 10.8. The van der Waals surface area contributed by atoms with Crippen molar-refractivity contribution in [2.24, 2.45) is 0 Å². The molecule has 1 heterocycles. The molecule has 2 rings (SSSR count). The van der Waals surface area contributed by atoms with Crippen molar-refractivity contribution in [2.45, 2.75) is 20.3 Å². The maximum atomic E-state index is 13.6. The van der Waals surface area contributed by atoms with E-state index in [1.54, 1.807) is 14.0 Å². The first-order valence-electron chi connectivity index (χ1n) is 5.97. The Kier molecular flexibility index (Phi) is 3.55. The fourth-order valence-corrected chi connectivity index (χ4v) is 1.74. The van der Waals surface area contributed by atoms with Gasteiger partial charge < -0.3 is 5.32 Å². The van der Waals surface area contributed by atoms with Gasteiger partial charge in [0, 0.05) is 12.6 Å². The second-order valence-corrected chi connectivity index (χ2v) is 4.10. The number of hydrogen-bond acceptors (Lipinski definition) is 3. The van der Waals surface area contributed by atoms with E-state index in [2.05, 4.69) is 22.2 Å². The minimum atomic E-state index is -0.397. The summed E-state index contributed by atoms with van der Waals surface area (Å²) >= 11 is 0. The van der Waals surface area contributed by atoms with Crippen molar-refractivity contribution in [2.75, 3.05) is 12.4 Å². The molecule has 0 fully saturated rings. The predicted octanol–water partition coefficient (Wildman–Crippen LogP) is 3.20. The van der Waals surface area contributed by atoms with E-state index in [1.165, 1.54) is 5.56 Å². The molecular weight excluding hydrogens is 229 g/mol. The highest BCUT2D eigenvalue weighted by molar-refractivity contribution is 5.58. The molecular formula is C14H16FN3. The lowest BCUT2D eigenvalue weighted by atomic mass is 10.1. The minimum Gasteiger partial charge on any atom is -0.371 e. The predicted molar refractivity (Wildman–Crippen MR) is 71.1 cm³/mol. The molecule has 3 nitrogen and oxygen atoms in total. The molecule has 0 unspecified atom stereocenters. The van der Waals surface area contributed by atoms with Crippen LogP contribution in [0.2, 0.25) is 0 Å². The van der Waals surface area contributed by atoms with E-state index in [9.17, 15) is 4.39 Å². The smallest absolute Gasteiger partial charge is 0.186 e. The van der Waals surface area contributed by atoms with Crippen molar-refractivity contribution in [1.29, 1.82) is 0 Å². The van der Waals surface area contributed by atoms with Crippen LogP contribution in [0.25, 0.3) is 11.4 Å². The highest BCUT2D eigenvalue weighted by Gasteiger charge is 2.11. The van der Waals surface area contributed by atoms with Gasteiger partial charge in [0.2, 0.25) is 0 Å². The monoisotopic (exact) mass is 245 g/mol. The van der Waals surface area contributed by atoms with Gasteiger partial charge in [-0.05, 0) is 18.9 Å². The first kappa shape index (κ1) is 12.5. The summed E-state index contributed by atoms with van der Waals surface area (Å²) in [4.78, 5) is 8.36. The standard InChI is InChI=1S/C14H16FN3/c1-4-10-5-7-11(8-6-10)13-17-9(2)12(15)14(16-3)18-13/h5-8H,4H2,1-3H3,(H,16,17,18). The highest BCUT2D eigenvalue weighted by Crippen LogP contribution is 2.21. The molecule has 0 aliphatic carbocycles. The van der Waals surface area contributed by atoms with Crippen LogP contribution in [0.15, 0.2) is 24.3 Å².